The fraction of sp³-hybridized carbons (Fsp3) is 0.562. The van der Waals surface area contributed by atoms with Crippen molar-refractivity contribution in [3.05, 3.63) is 59.7 Å². The summed E-state index contributed by atoms with van der Waals surface area (Å²) in [6, 6.07) is 14.9. The van der Waals surface area contributed by atoms with Crippen molar-refractivity contribution in [1.29, 1.82) is 0 Å². The zero-order chi connectivity index (χ0) is 27.6. The summed E-state index contributed by atoms with van der Waals surface area (Å²) in [7, 11) is 0. The summed E-state index contributed by atoms with van der Waals surface area (Å²) in [4.78, 5) is 26.9. The van der Waals surface area contributed by atoms with Gasteiger partial charge in [-0.2, -0.15) is 0 Å². The Morgan fingerprint density at radius 1 is 0.625 bits per heavy atom. The molecular weight excluding hydrogens is 547 g/mol. The van der Waals surface area contributed by atoms with E-state index >= 15 is 0 Å². The lowest BCUT2D eigenvalue weighted by Crippen LogP contribution is -2.32. The van der Waals surface area contributed by atoms with Gasteiger partial charge in [-0.15, -0.1) is 24.8 Å². The van der Waals surface area contributed by atoms with Crippen LogP contribution >= 0.6 is 24.8 Å². The highest BCUT2D eigenvalue weighted by molar-refractivity contribution is 5.99. The normalized spacial score (nSPS) is 12.0. The summed E-state index contributed by atoms with van der Waals surface area (Å²) in [6.45, 7) is 12.5. The third-order valence-corrected chi connectivity index (χ3v) is 6.70. The van der Waals surface area contributed by atoms with Gasteiger partial charge >= 0.3 is 0 Å². The maximum atomic E-state index is 13.4. The smallest absolute Gasteiger partial charge is 0.167 e. The first-order valence-corrected chi connectivity index (χ1v) is 14.5. The van der Waals surface area contributed by atoms with E-state index < -0.39 is 0 Å². The van der Waals surface area contributed by atoms with E-state index in [1.54, 1.807) is 0 Å². The number of unbranched alkanes of at least 4 members (excludes halogenated alkanes) is 2. The van der Waals surface area contributed by atoms with Crippen LogP contribution in [0.5, 0.6) is 11.5 Å². The number of benzene rings is 2. The summed E-state index contributed by atoms with van der Waals surface area (Å²) < 4.78 is 11.5. The van der Waals surface area contributed by atoms with Crippen LogP contribution in [0.25, 0.3) is 0 Å². The van der Waals surface area contributed by atoms with E-state index in [0.717, 1.165) is 50.3 Å². The monoisotopic (exact) mass is 596 g/mol. The van der Waals surface area contributed by atoms with Crippen molar-refractivity contribution in [2.45, 2.75) is 66.2 Å². The van der Waals surface area contributed by atoms with Crippen LogP contribution < -0.4 is 20.1 Å². The Morgan fingerprint density at radius 3 is 1.27 bits per heavy atom. The van der Waals surface area contributed by atoms with E-state index in [9.17, 15) is 9.59 Å². The first kappa shape index (κ1) is 37.9. The van der Waals surface area contributed by atoms with Gasteiger partial charge in [0.05, 0.1) is 13.2 Å². The van der Waals surface area contributed by atoms with Crippen LogP contribution in [0.15, 0.2) is 48.5 Å². The molecule has 0 bridgehead atoms. The minimum absolute atomic E-state index is 0. The van der Waals surface area contributed by atoms with Gasteiger partial charge in [0.15, 0.2) is 11.6 Å². The van der Waals surface area contributed by atoms with E-state index in [1.165, 1.54) is 0 Å². The van der Waals surface area contributed by atoms with Gasteiger partial charge in [0.1, 0.15) is 11.5 Å². The van der Waals surface area contributed by atoms with E-state index in [4.69, 9.17) is 9.47 Å². The quantitative estimate of drug-likeness (QED) is 0.117. The van der Waals surface area contributed by atoms with E-state index in [2.05, 4.69) is 24.5 Å². The molecule has 0 fully saturated rings. The van der Waals surface area contributed by atoms with Crippen LogP contribution in [0.1, 0.15) is 86.9 Å². The van der Waals surface area contributed by atoms with Crippen LogP contribution in [0.2, 0.25) is 0 Å². The average Bonchev–Trinajstić information content (AvgIpc) is 2.95. The first-order valence-electron chi connectivity index (χ1n) is 14.5. The highest BCUT2D eigenvalue weighted by Crippen LogP contribution is 2.23. The molecule has 0 saturated carbocycles. The van der Waals surface area contributed by atoms with Crippen molar-refractivity contribution in [2.24, 2.45) is 11.8 Å². The number of rotatable bonds is 21. The van der Waals surface area contributed by atoms with Crippen LogP contribution in [-0.2, 0) is 0 Å². The van der Waals surface area contributed by atoms with E-state index in [-0.39, 0.29) is 48.2 Å². The summed E-state index contributed by atoms with van der Waals surface area (Å²) in [5.74, 6) is 1.39. The minimum atomic E-state index is -0.201. The second kappa shape index (κ2) is 22.6. The van der Waals surface area contributed by atoms with Gasteiger partial charge in [0.25, 0.3) is 0 Å². The van der Waals surface area contributed by atoms with Gasteiger partial charge in [-0.1, -0.05) is 40.5 Å². The SMILES string of the molecule is CCCCOc1ccc(C(=O)C(CCC(CNCC)C(=O)c2ccc(OCCCC)cc2)CNCC)cc1.Cl.Cl. The Bertz CT molecular complexity index is 861. The highest BCUT2D eigenvalue weighted by atomic mass is 35.5. The number of carbonyl (C=O) groups is 2. The van der Waals surface area contributed by atoms with Crippen molar-refractivity contribution in [2.75, 3.05) is 39.4 Å². The molecule has 0 aliphatic carbocycles. The molecule has 0 saturated heterocycles. The molecule has 0 aromatic heterocycles. The number of ketones is 2. The van der Waals surface area contributed by atoms with Gasteiger partial charge in [-0.3, -0.25) is 9.59 Å². The Morgan fingerprint density at radius 2 is 0.975 bits per heavy atom. The van der Waals surface area contributed by atoms with Crippen LogP contribution in [0.3, 0.4) is 0 Å². The molecule has 0 radical (unpaired) electrons. The van der Waals surface area contributed by atoms with Crippen molar-refractivity contribution in [1.82, 2.24) is 10.6 Å². The van der Waals surface area contributed by atoms with Crippen LogP contribution in [-0.4, -0.2) is 51.0 Å². The predicted octanol–water partition coefficient (Wildman–Crippen LogP) is 7.19. The lowest BCUT2D eigenvalue weighted by Gasteiger charge is -2.21. The topological polar surface area (TPSA) is 76.7 Å². The van der Waals surface area contributed by atoms with E-state index in [0.29, 0.717) is 50.3 Å². The maximum Gasteiger partial charge on any atom is 0.167 e. The summed E-state index contributed by atoms with van der Waals surface area (Å²) in [6.07, 6.45) is 5.46. The van der Waals surface area contributed by atoms with Gasteiger partial charge in [-0.25, -0.2) is 0 Å². The number of Topliss-reactive ketones (excluding diaryl/α,β-unsaturated/α-hetero) is 2. The molecule has 0 aliphatic heterocycles. The number of halogens is 2. The lowest BCUT2D eigenvalue weighted by molar-refractivity contribution is 0.0865. The van der Waals surface area contributed by atoms with Crippen molar-refractivity contribution >= 4 is 36.4 Å². The molecule has 0 amide bonds. The molecule has 2 N–H and O–H groups in total. The molecule has 2 rings (SSSR count). The zero-order valence-electron chi connectivity index (χ0n) is 24.7. The molecule has 40 heavy (non-hydrogen) atoms. The van der Waals surface area contributed by atoms with Gasteiger partial charge < -0.3 is 20.1 Å². The number of ether oxygens (including phenoxy) is 2. The second-order valence-electron chi connectivity index (χ2n) is 9.77. The summed E-state index contributed by atoms with van der Waals surface area (Å²) in [5.41, 5.74) is 1.37. The Hall–Kier alpha value is -2.12. The van der Waals surface area contributed by atoms with Crippen LogP contribution in [0.4, 0.5) is 0 Å². The lowest BCUT2D eigenvalue weighted by atomic mass is 9.86. The Kier molecular flexibility index (Phi) is 21.4. The Balaban J connectivity index is 0.00000760. The number of hydrogen-bond acceptors (Lipinski definition) is 6. The van der Waals surface area contributed by atoms with Crippen molar-refractivity contribution in [3.63, 3.8) is 0 Å². The van der Waals surface area contributed by atoms with Gasteiger partial charge in [0, 0.05) is 36.1 Å². The highest BCUT2D eigenvalue weighted by Gasteiger charge is 2.25. The zero-order valence-corrected chi connectivity index (χ0v) is 26.3. The third-order valence-electron chi connectivity index (χ3n) is 6.70. The molecule has 226 valence electrons. The number of carbonyl (C=O) groups excluding carboxylic acids is 2. The number of nitrogens with one attached hydrogen (secondary N) is 2. The summed E-state index contributed by atoms with van der Waals surface area (Å²) in [5, 5.41) is 6.68. The average molecular weight is 598 g/mol. The fourth-order valence-electron chi connectivity index (χ4n) is 4.26. The van der Waals surface area contributed by atoms with Gasteiger partial charge in [0.2, 0.25) is 0 Å². The van der Waals surface area contributed by atoms with Crippen LogP contribution in [0, 0.1) is 11.8 Å². The third kappa shape index (κ3) is 13.5. The molecule has 2 atom stereocenters. The second-order valence-corrected chi connectivity index (χ2v) is 9.77. The molecule has 2 aromatic rings. The maximum absolute atomic E-state index is 13.4. The molecule has 6 nitrogen and oxygen atoms in total. The van der Waals surface area contributed by atoms with Crippen molar-refractivity contribution in [3.8, 4) is 11.5 Å². The molecule has 8 heteroatoms. The van der Waals surface area contributed by atoms with Gasteiger partial charge in [-0.05, 0) is 87.3 Å². The minimum Gasteiger partial charge on any atom is -0.494 e. The molecule has 2 aromatic carbocycles. The molecule has 0 spiro atoms. The Labute approximate surface area is 254 Å². The molecule has 2 unspecified atom stereocenters. The first-order chi connectivity index (χ1) is 18.5. The largest absolute Gasteiger partial charge is 0.494 e. The number of hydrogen-bond donors (Lipinski definition) is 2. The molecular formula is C32H50Cl2N2O4. The fourth-order valence-corrected chi connectivity index (χ4v) is 4.26. The van der Waals surface area contributed by atoms with Crippen molar-refractivity contribution < 1.29 is 19.1 Å². The van der Waals surface area contributed by atoms with E-state index in [1.807, 2.05) is 62.4 Å². The molecule has 0 heterocycles. The molecule has 0 aliphatic rings. The predicted molar refractivity (Wildman–Crippen MR) is 170 cm³/mol. The standard InChI is InChI=1S/C32H48N2O4.2ClH/c1-5-9-21-37-29-17-13-25(14-18-29)31(35)27(23-33-7-3)11-12-28(24-34-8-4)32(36)26-15-19-30(20-16-26)38-22-10-6-2;;/h13-20,27-28,33-34H,5-12,21-24H2,1-4H3;2*1H. The summed E-state index contributed by atoms with van der Waals surface area (Å²) >= 11 is 0.